The first-order valence-electron chi connectivity index (χ1n) is 8.79. The fraction of sp³-hybridized carbons (Fsp3) is 0.136. The van der Waals surface area contributed by atoms with Crippen molar-refractivity contribution in [3.63, 3.8) is 0 Å². The molecular formula is C22H24IN3O3. The molecule has 152 valence electrons. The maximum atomic E-state index is 6.02. The van der Waals surface area contributed by atoms with E-state index in [1.807, 2.05) is 72.8 Å². The zero-order valence-electron chi connectivity index (χ0n) is 16.3. The molecule has 0 aliphatic carbocycles. The molecule has 0 aliphatic heterocycles. The molecule has 0 saturated heterocycles. The van der Waals surface area contributed by atoms with Gasteiger partial charge >= 0.3 is 0 Å². The highest BCUT2D eigenvalue weighted by molar-refractivity contribution is 14.0. The largest absolute Gasteiger partial charge is 0.493 e. The third-order valence-electron chi connectivity index (χ3n) is 3.97. The lowest BCUT2D eigenvalue weighted by molar-refractivity contribution is 0.354. The summed E-state index contributed by atoms with van der Waals surface area (Å²) in [4.78, 5) is 4.38. The quantitative estimate of drug-likeness (QED) is 0.267. The lowest BCUT2D eigenvalue weighted by atomic mass is 10.2. The molecule has 0 spiro atoms. The fourth-order valence-corrected chi connectivity index (χ4v) is 2.60. The average molecular weight is 505 g/mol. The van der Waals surface area contributed by atoms with Gasteiger partial charge in [0.2, 0.25) is 0 Å². The van der Waals surface area contributed by atoms with Gasteiger partial charge in [-0.05, 0) is 42.0 Å². The first-order valence-corrected chi connectivity index (χ1v) is 8.79. The van der Waals surface area contributed by atoms with E-state index in [1.165, 1.54) is 0 Å². The Bertz CT molecular complexity index is 949. The molecule has 3 aromatic carbocycles. The van der Waals surface area contributed by atoms with Crippen molar-refractivity contribution in [3.8, 4) is 23.0 Å². The van der Waals surface area contributed by atoms with Crippen LogP contribution in [0.4, 0.5) is 5.69 Å². The van der Waals surface area contributed by atoms with Crippen molar-refractivity contribution in [2.24, 2.45) is 10.7 Å². The molecule has 29 heavy (non-hydrogen) atoms. The maximum Gasteiger partial charge on any atom is 0.193 e. The lowest BCUT2D eigenvalue weighted by Gasteiger charge is -2.10. The van der Waals surface area contributed by atoms with E-state index >= 15 is 0 Å². The number of nitrogens with zero attached hydrogens (tertiary/aromatic N) is 1. The van der Waals surface area contributed by atoms with Crippen molar-refractivity contribution in [2.45, 2.75) is 6.54 Å². The van der Waals surface area contributed by atoms with Crippen LogP contribution in [0.3, 0.4) is 0 Å². The molecule has 0 amide bonds. The molecule has 0 heterocycles. The minimum Gasteiger partial charge on any atom is -0.493 e. The highest BCUT2D eigenvalue weighted by Gasteiger charge is 2.05. The summed E-state index contributed by atoms with van der Waals surface area (Å²) >= 11 is 0. The third-order valence-corrected chi connectivity index (χ3v) is 3.97. The highest BCUT2D eigenvalue weighted by Crippen LogP contribution is 2.28. The van der Waals surface area contributed by atoms with E-state index in [4.69, 9.17) is 19.9 Å². The average Bonchev–Trinajstić information content (AvgIpc) is 2.73. The van der Waals surface area contributed by atoms with Gasteiger partial charge in [0.05, 0.1) is 20.8 Å². The summed E-state index contributed by atoms with van der Waals surface area (Å²) < 4.78 is 16.4. The van der Waals surface area contributed by atoms with E-state index in [9.17, 15) is 0 Å². The van der Waals surface area contributed by atoms with Crippen molar-refractivity contribution < 1.29 is 14.2 Å². The van der Waals surface area contributed by atoms with Crippen LogP contribution in [0.1, 0.15) is 5.56 Å². The van der Waals surface area contributed by atoms with Gasteiger partial charge in [-0.2, -0.15) is 0 Å². The number of benzene rings is 3. The summed E-state index contributed by atoms with van der Waals surface area (Å²) in [7, 11) is 3.21. The van der Waals surface area contributed by atoms with Crippen molar-refractivity contribution in [1.82, 2.24) is 0 Å². The third kappa shape index (κ3) is 6.56. The van der Waals surface area contributed by atoms with Gasteiger partial charge in [0.15, 0.2) is 17.5 Å². The molecule has 0 aromatic heterocycles. The maximum absolute atomic E-state index is 6.02. The second-order valence-electron chi connectivity index (χ2n) is 5.96. The van der Waals surface area contributed by atoms with Crippen LogP contribution >= 0.6 is 24.0 Å². The smallest absolute Gasteiger partial charge is 0.193 e. The SMILES string of the molecule is COc1ccc(CN=C(N)Nc2cccc(Oc3ccccc3)c2)cc1OC.I. The van der Waals surface area contributed by atoms with Gasteiger partial charge in [-0.3, -0.25) is 0 Å². The first kappa shape index (κ1) is 22.4. The minimum atomic E-state index is 0. The molecular weight excluding hydrogens is 481 g/mol. The number of hydrogen-bond donors (Lipinski definition) is 2. The minimum absolute atomic E-state index is 0. The standard InChI is InChI=1S/C22H23N3O3.HI/c1-26-20-12-11-16(13-21(20)27-2)15-24-22(23)25-17-7-6-10-19(14-17)28-18-8-4-3-5-9-18;/h3-14H,15H2,1-2H3,(H3,23,24,25);1H. The topological polar surface area (TPSA) is 78.1 Å². The summed E-state index contributed by atoms with van der Waals surface area (Å²) in [6.07, 6.45) is 0. The van der Waals surface area contributed by atoms with Gasteiger partial charge in [0, 0.05) is 11.8 Å². The second kappa shape index (κ2) is 11.2. The van der Waals surface area contributed by atoms with Crippen molar-refractivity contribution >= 4 is 35.6 Å². The van der Waals surface area contributed by atoms with E-state index in [0.29, 0.717) is 29.8 Å². The highest BCUT2D eigenvalue weighted by atomic mass is 127. The Morgan fingerprint density at radius 1 is 0.862 bits per heavy atom. The van der Waals surface area contributed by atoms with E-state index in [2.05, 4.69) is 10.3 Å². The molecule has 7 heteroatoms. The molecule has 0 unspecified atom stereocenters. The molecule has 3 aromatic rings. The Hall–Kier alpha value is -2.94. The van der Waals surface area contributed by atoms with Gasteiger partial charge in [0.25, 0.3) is 0 Å². The van der Waals surface area contributed by atoms with Gasteiger partial charge in [-0.15, -0.1) is 24.0 Å². The van der Waals surface area contributed by atoms with Crippen LogP contribution in [-0.2, 0) is 6.54 Å². The van der Waals surface area contributed by atoms with E-state index < -0.39 is 0 Å². The molecule has 0 fully saturated rings. The van der Waals surface area contributed by atoms with Crippen molar-refractivity contribution in [1.29, 1.82) is 0 Å². The Balaban J connectivity index is 0.00000300. The van der Waals surface area contributed by atoms with Crippen LogP contribution in [0.5, 0.6) is 23.0 Å². The van der Waals surface area contributed by atoms with E-state index in [0.717, 1.165) is 17.0 Å². The first-order chi connectivity index (χ1) is 13.7. The normalized spacial score (nSPS) is 10.6. The summed E-state index contributed by atoms with van der Waals surface area (Å²) in [5, 5.41) is 3.08. The number of para-hydroxylation sites is 1. The number of nitrogens with one attached hydrogen (secondary N) is 1. The van der Waals surface area contributed by atoms with Crippen molar-refractivity contribution in [3.05, 3.63) is 78.4 Å². The Labute approximate surface area is 187 Å². The molecule has 0 atom stereocenters. The summed E-state index contributed by atoms with van der Waals surface area (Å²) in [6.45, 7) is 0.416. The van der Waals surface area contributed by atoms with Crippen LogP contribution in [0, 0.1) is 0 Å². The van der Waals surface area contributed by atoms with Crippen LogP contribution in [0.2, 0.25) is 0 Å². The summed E-state index contributed by atoms with van der Waals surface area (Å²) in [6, 6.07) is 22.8. The van der Waals surface area contributed by atoms with E-state index in [-0.39, 0.29) is 24.0 Å². The number of methoxy groups -OCH3 is 2. The molecule has 0 saturated carbocycles. The predicted octanol–water partition coefficient (Wildman–Crippen LogP) is 5.04. The molecule has 0 radical (unpaired) electrons. The molecule has 0 bridgehead atoms. The predicted molar refractivity (Wildman–Crippen MR) is 127 cm³/mol. The number of ether oxygens (including phenoxy) is 3. The lowest BCUT2D eigenvalue weighted by Crippen LogP contribution is -2.22. The number of halogens is 1. The Morgan fingerprint density at radius 3 is 2.31 bits per heavy atom. The van der Waals surface area contributed by atoms with Crippen molar-refractivity contribution in [2.75, 3.05) is 19.5 Å². The van der Waals surface area contributed by atoms with Crippen LogP contribution in [0.15, 0.2) is 77.8 Å². The number of rotatable bonds is 7. The zero-order valence-corrected chi connectivity index (χ0v) is 18.6. The van der Waals surface area contributed by atoms with Crippen LogP contribution in [0.25, 0.3) is 0 Å². The molecule has 0 aliphatic rings. The number of aliphatic imine (C=N–C) groups is 1. The molecule has 3 N–H and O–H groups in total. The van der Waals surface area contributed by atoms with Gasteiger partial charge in [0.1, 0.15) is 11.5 Å². The fourth-order valence-electron chi connectivity index (χ4n) is 2.60. The van der Waals surface area contributed by atoms with Gasteiger partial charge in [-0.25, -0.2) is 4.99 Å². The second-order valence-corrected chi connectivity index (χ2v) is 5.96. The zero-order chi connectivity index (χ0) is 19.8. The summed E-state index contributed by atoms with van der Waals surface area (Å²) in [5.74, 6) is 3.13. The number of anilines is 1. The Kier molecular flexibility index (Phi) is 8.60. The van der Waals surface area contributed by atoms with E-state index in [1.54, 1.807) is 14.2 Å². The van der Waals surface area contributed by atoms with Gasteiger partial charge in [-0.1, -0.05) is 30.3 Å². The van der Waals surface area contributed by atoms with Crippen LogP contribution < -0.4 is 25.3 Å². The molecule has 3 rings (SSSR count). The number of nitrogens with two attached hydrogens (primary N) is 1. The Morgan fingerprint density at radius 2 is 1.59 bits per heavy atom. The summed E-state index contributed by atoms with van der Waals surface area (Å²) in [5.41, 5.74) is 7.78. The monoisotopic (exact) mass is 505 g/mol. The number of hydrogen-bond acceptors (Lipinski definition) is 4. The van der Waals surface area contributed by atoms with Crippen LogP contribution in [-0.4, -0.2) is 20.2 Å². The molecule has 6 nitrogen and oxygen atoms in total. The number of guanidine groups is 1. The van der Waals surface area contributed by atoms with Gasteiger partial charge < -0.3 is 25.3 Å².